The summed E-state index contributed by atoms with van der Waals surface area (Å²) >= 11 is 9.04. The number of sulfonamides is 1. The molecule has 2 aromatic rings. The molecule has 0 unspecified atom stereocenters. The van der Waals surface area contributed by atoms with E-state index in [1.807, 2.05) is 10.3 Å². The van der Waals surface area contributed by atoms with Gasteiger partial charge in [0.1, 0.15) is 10.6 Å². The van der Waals surface area contributed by atoms with Crippen LogP contribution < -0.4 is 10.3 Å². The highest BCUT2D eigenvalue weighted by molar-refractivity contribution is 9.10. The number of amides is 1. The van der Waals surface area contributed by atoms with Crippen LogP contribution in [0, 0.1) is 0 Å². The van der Waals surface area contributed by atoms with Gasteiger partial charge in [-0.25, -0.2) is 8.42 Å². The summed E-state index contributed by atoms with van der Waals surface area (Å²) < 4.78 is 24.8. The van der Waals surface area contributed by atoms with Crippen molar-refractivity contribution < 1.29 is 18.3 Å². The number of rotatable bonds is 4. The fourth-order valence-corrected chi connectivity index (χ4v) is 3.47. The Morgan fingerprint density at radius 2 is 1.86 bits per heavy atom. The van der Waals surface area contributed by atoms with Gasteiger partial charge in [-0.05, 0) is 30.3 Å². The van der Waals surface area contributed by atoms with Crippen molar-refractivity contribution in [2.75, 3.05) is 0 Å². The summed E-state index contributed by atoms with van der Waals surface area (Å²) in [6.07, 6.45) is 0. The number of aromatic hydroxyl groups is 1. The highest BCUT2D eigenvalue weighted by Crippen LogP contribution is 2.24. The van der Waals surface area contributed by atoms with Crippen LogP contribution in [0.1, 0.15) is 10.4 Å². The number of halogens is 2. The van der Waals surface area contributed by atoms with Gasteiger partial charge in [-0.15, -0.1) is 4.83 Å². The third-order valence-electron chi connectivity index (χ3n) is 2.63. The zero-order valence-electron chi connectivity index (χ0n) is 10.9. The molecule has 22 heavy (non-hydrogen) atoms. The number of hydrazine groups is 1. The van der Waals surface area contributed by atoms with E-state index in [-0.39, 0.29) is 21.2 Å². The molecule has 0 radical (unpaired) electrons. The number of phenols is 1. The molecule has 2 aromatic carbocycles. The Hall–Kier alpha value is -1.61. The van der Waals surface area contributed by atoms with Gasteiger partial charge in [0.2, 0.25) is 0 Å². The predicted molar refractivity (Wildman–Crippen MR) is 85.0 cm³/mol. The minimum Gasteiger partial charge on any atom is -0.507 e. The molecule has 0 atom stereocenters. The summed E-state index contributed by atoms with van der Waals surface area (Å²) in [4.78, 5) is 13.6. The summed E-state index contributed by atoms with van der Waals surface area (Å²) in [5, 5.41) is 9.54. The van der Waals surface area contributed by atoms with Gasteiger partial charge in [-0.1, -0.05) is 39.7 Å². The Morgan fingerprint density at radius 3 is 2.50 bits per heavy atom. The molecule has 0 saturated heterocycles. The van der Waals surface area contributed by atoms with Crippen LogP contribution in [0.4, 0.5) is 0 Å². The normalized spacial score (nSPS) is 11.2. The van der Waals surface area contributed by atoms with Crippen LogP contribution >= 0.6 is 27.5 Å². The number of carbonyl (C=O) groups is 1. The minimum atomic E-state index is -4.04. The van der Waals surface area contributed by atoms with Crippen molar-refractivity contribution >= 4 is 43.5 Å². The van der Waals surface area contributed by atoms with Gasteiger partial charge in [0, 0.05) is 4.47 Å². The Labute approximate surface area is 140 Å². The molecule has 116 valence electrons. The zero-order chi connectivity index (χ0) is 16.3. The third kappa shape index (κ3) is 3.77. The molecular formula is C13H10BrClN2O4S. The second kappa shape index (κ2) is 6.66. The smallest absolute Gasteiger partial charge is 0.269 e. The Morgan fingerprint density at radius 1 is 1.18 bits per heavy atom. The Balaban J connectivity index is 2.17. The van der Waals surface area contributed by atoms with Crippen molar-refractivity contribution in [2.45, 2.75) is 4.90 Å². The highest BCUT2D eigenvalue weighted by atomic mass is 79.9. The van der Waals surface area contributed by atoms with Crippen molar-refractivity contribution in [1.29, 1.82) is 0 Å². The fourth-order valence-electron chi connectivity index (χ4n) is 1.59. The van der Waals surface area contributed by atoms with E-state index >= 15 is 0 Å². The van der Waals surface area contributed by atoms with E-state index in [2.05, 4.69) is 15.9 Å². The van der Waals surface area contributed by atoms with Crippen LogP contribution in [0.25, 0.3) is 0 Å². The summed E-state index contributed by atoms with van der Waals surface area (Å²) in [6, 6.07) is 9.96. The first kappa shape index (κ1) is 16.8. The number of para-hydroxylation sites is 1. The van der Waals surface area contributed by atoms with Gasteiger partial charge >= 0.3 is 0 Å². The van der Waals surface area contributed by atoms with Crippen LogP contribution in [0.2, 0.25) is 5.02 Å². The third-order valence-corrected chi connectivity index (χ3v) is 4.85. The lowest BCUT2D eigenvalue weighted by Gasteiger charge is -2.10. The van der Waals surface area contributed by atoms with E-state index in [4.69, 9.17) is 11.6 Å². The van der Waals surface area contributed by atoms with Gasteiger partial charge in [-0.2, -0.15) is 0 Å². The molecule has 0 aliphatic heterocycles. The van der Waals surface area contributed by atoms with Crippen molar-refractivity contribution in [3.63, 3.8) is 0 Å². The van der Waals surface area contributed by atoms with E-state index in [1.165, 1.54) is 42.5 Å². The summed E-state index contributed by atoms with van der Waals surface area (Å²) in [5.74, 6) is -1.06. The quantitative estimate of drug-likeness (QED) is 0.681. The topological polar surface area (TPSA) is 95.5 Å². The molecule has 3 N–H and O–H groups in total. The van der Waals surface area contributed by atoms with E-state index in [1.54, 1.807) is 0 Å². The van der Waals surface area contributed by atoms with Crippen molar-refractivity contribution in [2.24, 2.45) is 0 Å². The molecule has 0 fully saturated rings. The van der Waals surface area contributed by atoms with Gasteiger partial charge in [0.25, 0.3) is 15.9 Å². The number of benzene rings is 2. The standard InChI is InChI=1S/C13H10BrClN2O4S/c14-8-5-6-12(10(15)7-8)22(20,21)17-16-13(19)9-3-1-2-4-11(9)18/h1-7,17-18H,(H,16,19). The summed E-state index contributed by atoms with van der Waals surface area (Å²) in [7, 11) is -4.04. The predicted octanol–water partition coefficient (Wildman–Crippen LogP) is 2.43. The maximum atomic E-state index is 12.1. The Kier molecular flexibility index (Phi) is 5.07. The number of hydrogen-bond donors (Lipinski definition) is 3. The maximum Gasteiger partial charge on any atom is 0.269 e. The fraction of sp³-hybridized carbons (Fsp3) is 0. The van der Waals surface area contributed by atoms with E-state index in [9.17, 15) is 18.3 Å². The van der Waals surface area contributed by atoms with Crippen LogP contribution in [0.5, 0.6) is 5.75 Å². The number of nitrogens with one attached hydrogen (secondary N) is 2. The summed E-state index contributed by atoms with van der Waals surface area (Å²) in [6.45, 7) is 0. The van der Waals surface area contributed by atoms with E-state index in [0.29, 0.717) is 4.47 Å². The first-order valence-electron chi connectivity index (χ1n) is 5.86. The number of hydrogen-bond acceptors (Lipinski definition) is 4. The lowest BCUT2D eigenvalue weighted by atomic mass is 10.2. The van der Waals surface area contributed by atoms with Gasteiger partial charge in [-0.3, -0.25) is 10.2 Å². The van der Waals surface area contributed by atoms with E-state index < -0.39 is 15.9 Å². The lowest BCUT2D eigenvalue weighted by Crippen LogP contribution is -2.41. The monoisotopic (exact) mass is 404 g/mol. The molecule has 1 amide bonds. The molecule has 0 aliphatic carbocycles. The second-order valence-corrected chi connectivity index (χ2v) is 7.13. The average Bonchev–Trinajstić information content (AvgIpc) is 2.45. The molecular weight excluding hydrogens is 396 g/mol. The minimum absolute atomic E-state index is 0.00122. The molecule has 0 heterocycles. The zero-order valence-corrected chi connectivity index (χ0v) is 14.0. The number of phenolic OH excluding ortho intramolecular Hbond substituents is 1. The first-order chi connectivity index (χ1) is 10.3. The molecule has 0 saturated carbocycles. The van der Waals surface area contributed by atoms with Crippen LogP contribution in [0.15, 0.2) is 51.8 Å². The Bertz CT molecular complexity index is 827. The van der Waals surface area contributed by atoms with Gasteiger partial charge in [0.15, 0.2) is 0 Å². The van der Waals surface area contributed by atoms with Crippen molar-refractivity contribution in [3.05, 3.63) is 57.5 Å². The number of carbonyl (C=O) groups excluding carboxylic acids is 1. The molecule has 0 aliphatic rings. The lowest BCUT2D eigenvalue weighted by molar-refractivity contribution is 0.0942. The molecule has 0 bridgehead atoms. The highest BCUT2D eigenvalue weighted by Gasteiger charge is 2.20. The first-order valence-corrected chi connectivity index (χ1v) is 8.52. The van der Waals surface area contributed by atoms with Gasteiger partial charge < -0.3 is 5.11 Å². The largest absolute Gasteiger partial charge is 0.507 e. The summed E-state index contributed by atoms with van der Waals surface area (Å²) in [5.41, 5.74) is 1.95. The van der Waals surface area contributed by atoms with Crippen molar-refractivity contribution in [3.8, 4) is 5.75 Å². The molecule has 0 aromatic heterocycles. The average molecular weight is 406 g/mol. The molecule has 0 spiro atoms. The van der Waals surface area contributed by atoms with Crippen LogP contribution in [-0.2, 0) is 10.0 Å². The molecule has 6 nitrogen and oxygen atoms in total. The van der Waals surface area contributed by atoms with E-state index in [0.717, 1.165) is 0 Å². The SMILES string of the molecule is O=C(NNS(=O)(=O)c1ccc(Br)cc1Cl)c1ccccc1O. The van der Waals surface area contributed by atoms with Crippen molar-refractivity contribution in [1.82, 2.24) is 10.3 Å². The van der Waals surface area contributed by atoms with Crippen LogP contribution in [0.3, 0.4) is 0 Å². The van der Waals surface area contributed by atoms with Crippen LogP contribution in [-0.4, -0.2) is 19.4 Å². The second-order valence-electron chi connectivity index (χ2n) is 4.15. The molecule has 9 heteroatoms. The van der Waals surface area contributed by atoms with Gasteiger partial charge in [0.05, 0.1) is 10.6 Å². The molecule has 2 rings (SSSR count). The maximum absolute atomic E-state index is 12.1.